The number of aryl methyl sites for hydroxylation is 2. The first-order valence-corrected chi connectivity index (χ1v) is 3.84. The van der Waals surface area contributed by atoms with Gasteiger partial charge in [0.1, 0.15) is 0 Å². The molecule has 0 amide bonds. The number of aromatic nitrogens is 2. The van der Waals surface area contributed by atoms with Crippen LogP contribution in [0.15, 0.2) is 6.20 Å². The van der Waals surface area contributed by atoms with Crippen molar-refractivity contribution in [2.75, 3.05) is 6.61 Å². The van der Waals surface area contributed by atoms with Gasteiger partial charge in [-0.25, -0.2) is 0 Å². The number of nitrogens with zero attached hydrogens (tertiary/aromatic N) is 2. The molecule has 0 unspecified atom stereocenters. The molecule has 0 aromatic carbocycles. The lowest BCUT2D eigenvalue weighted by atomic mass is 10.1. The molecule has 0 spiro atoms. The smallest absolute Gasteiger partial charge is 0.0524 e. The molecule has 0 fully saturated rings. The monoisotopic (exact) mass is 154 g/mol. The number of aliphatic hydroxyl groups excluding tert-OH is 1. The largest absolute Gasteiger partial charge is 0.396 e. The van der Waals surface area contributed by atoms with Crippen molar-refractivity contribution < 1.29 is 5.11 Å². The van der Waals surface area contributed by atoms with Crippen LogP contribution in [0.3, 0.4) is 0 Å². The van der Waals surface area contributed by atoms with Crippen LogP contribution in [0.1, 0.15) is 17.7 Å². The van der Waals surface area contributed by atoms with Crippen molar-refractivity contribution in [1.82, 2.24) is 9.78 Å². The predicted octanol–water partition coefficient (Wildman–Crippen LogP) is 0.653. The molecule has 3 nitrogen and oxygen atoms in total. The van der Waals surface area contributed by atoms with E-state index >= 15 is 0 Å². The summed E-state index contributed by atoms with van der Waals surface area (Å²) in [6.45, 7) is 2.30. The fourth-order valence-electron chi connectivity index (χ4n) is 1.06. The van der Waals surface area contributed by atoms with Gasteiger partial charge in [-0.15, -0.1) is 0 Å². The van der Waals surface area contributed by atoms with Crippen LogP contribution in [0.2, 0.25) is 0 Å². The van der Waals surface area contributed by atoms with E-state index in [1.54, 1.807) is 0 Å². The fraction of sp³-hybridized carbons (Fsp3) is 0.625. The quantitative estimate of drug-likeness (QED) is 0.694. The normalized spacial score (nSPS) is 10.5. The number of rotatable bonds is 3. The molecule has 0 radical (unpaired) electrons. The van der Waals surface area contributed by atoms with Crippen LogP contribution in [0.4, 0.5) is 0 Å². The molecule has 1 aromatic rings. The molecule has 0 aliphatic carbocycles. The fourth-order valence-corrected chi connectivity index (χ4v) is 1.06. The van der Waals surface area contributed by atoms with Gasteiger partial charge < -0.3 is 5.11 Å². The maximum Gasteiger partial charge on any atom is 0.0524 e. The van der Waals surface area contributed by atoms with E-state index in [0.29, 0.717) is 0 Å². The zero-order chi connectivity index (χ0) is 8.27. The molecule has 1 N–H and O–H groups in total. The van der Waals surface area contributed by atoms with Crippen molar-refractivity contribution in [2.45, 2.75) is 19.8 Å². The Morgan fingerprint density at radius 1 is 1.64 bits per heavy atom. The van der Waals surface area contributed by atoms with Crippen LogP contribution in [0, 0.1) is 6.92 Å². The van der Waals surface area contributed by atoms with Gasteiger partial charge in [-0.05, 0) is 25.3 Å². The Kier molecular flexibility index (Phi) is 2.65. The lowest BCUT2D eigenvalue weighted by molar-refractivity contribution is 0.288. The highest BCUT2D eigenvalue weighted by Gasteiger charge is 2.01. The summed E-state index contributed by atoms with van der Waals surface area (Å²) >= 11 is 0. The predicted molar refractivity (Wildman–Crippen MR) is 43.4 cm³/mol. The molecule has 11 heavy (non-hydrogen) atoms. The van der Waals surface area contributed by atoms with Crippen molar-refractivity contribution in [2.24, 2.45) is 7.05 Å². The minimum Gasteiger partial charge on any atom is -0.396 e. The molecule has 0 aliphatic rings. The van der Waals surface area contributed by atoms with Crippen LogP contribution in [0.5, 0.6) is 0 Å². The van der Waals surface area contributed by atoms with Crippen LogP contribution < -0.4 is 0 Å². The minimum absolute atomic E-state index is 0.258. The molecule has 0 saturated carbocycles. The second-order valence-corrected chi connectivity index (χ2v) is 2.71. The third-order valence-electron chi connectivity index (χ3n) is 1.94. The summed E-state index contributed by atoms with van der Waals surface area (Å²) in [5, 5.41) is 12.7. The molecular formula is C8H14N2O. The van der Waals surface area contributed by atoms with Crippen molar-refractivity contribution in [3.63, 3.8) is 0 Å². The van der Waals surface area contributed by atoms with Crippen LogP contribution in [-0.2, 0) is 13.5 Å². The maximum atomic E-state index is 8.60. The first-order valence-electron chi connectivity index (χ1n) is 3.84. The highest BCUT2D eigenvalue weighted by molar-refractivity contribution is 5.15. The minimum atomic E-state index is 0.258. The molecule has 0 atom stereocenters. The first-order chi connectivity index (χ1) is 5.25. The van der Waals surface area contributed by atoms with Crippen LogP contribution in [0.25, 0.3) is 0 Å². The van der Waals surface area contributed by atoms with E-state index in [1.807, 2.05) is 24.9 Å². The Morgan fingerprint density at radius 2 is 2.36 bits per heavy atom. The van der Waals surface area contributed by atoms with Crippen molar-refractivity contribution >= 4 is 0 Å². The van der Waals surface area contributed by atoms with Gasteiger partial charge in [0, 0.05) is 19.3 Å². The molecule has 3 heteroatoms. The standard InChI is InChI=1S/C8H14N2O/c1-7-8(4-3-5-11)6-9-10(7)2/h6,11H,3-5H2,1-2H3. The third kappa shape index (κ3) is 1.80. The van der Waals surface area contributed by atoms with Crippen molar-refractivity contribution in [1.29, 1.82) is 0 Å². The lowest BCUT2D eigenvalue weighted by Crippen LogP contribution is -1.95. The van der Waals surface area contributed by atoms with E-state index in [0.717, 1.165) is 12.8 Å². The van der Waals surface area contributed by atoms with E-state index in [2.05, 4.69) is 5.10 Å². The first kappa shape index (κ1) is 8.27. The second-order valence-electron chi connectivity index (χ2n) is 2.71. The molecule has 1 aromatic heterocycles. The van der Waals surface area contributed by atoms with Gasteiger partial charge in [0.05, 0.1) is 6.20 Å². The highest BCUT2D eigenvalue weighted by atomic mass is 16.2. The van der Waals surface area contributed by atoms with Crippen LogP contribution >= 0.6 is 0 Å². The highest BCUT2D eigenvalue weighted by Crippen LogP contribution is 2.07. The summed E-state index contributed by atoms with van der Waals surface area (Å²) in [6, 6.07) is 0. The van der Waals surface area contributed by atoms with Gasteiger partial charge in [0.2, 0.25) is 0 Å². The van der Waals surface area contributed by atoms with Gasteiger partial charge >= 0.3 is 0 Å². The summed E-state index contributed by atoms with van der Waals surface area (Å²) in [5.74, 6) is 0. The molecule has 0 aliphatic heterocycles. The Bertz CT molecular complexity index is 230. The van der Waals surface area contributed by atoms with E-state index in [-0.39, 0.29) is 6.61 Å². The molecule has 62 valence electrons. The Balaban J connectivity index is 2.63. The summed E-state index contributed by atoms with van der Waals surface area (Å²) in [7, 11) is 1.93. The Hall–Kier alpha value is -0.830. The molecule has 1 heterocycles. The number of hydrogen-bond acceptors (Lipinski definition) is 2. The van der Waals surface area contributed by atoms with Gasteiger partial charge in [0.15, 0.2) is 0 Å². The number of hydrogen-bond donors (Lipinski definition) is 1. The van der Waals surface area contributed by atoms with Gasteiger partial charge in [-0.1, -0.05) is 0 Å². The van der Waals surface area contributed by atoms with Gasteiger partial charge in [-0.3, -0.25) is 4.68 Å². The summed E-state index contributed by atoms with van der Waals surface area (Å²) in [6.07, 6.45) is 3.62. The molecule has 1 rings (SSSR count). The second kappa shape index (κ2) is 3.53. The average Bonchev–Trinajstić information content (AvgIpc) is 2.31. The lowest BCUT2D eigenvalue weighted by Gasteiger charge is -1.97. The molecular weight excluding hydrogens is 140 g/mol. The molecule has 0 bridgehead atoms. The zero-order valence-electron chi connectivity index (χ0n) is 7.04. The van der Waals surface area contributed by atoms with Gasteiger partial charge in [0.25, 0.3) is 0 Å². The topological polar surface area (TPSA) is 38.1 Å². The number of aliphatic hydroxyl groups is 1. The van der Waals surface area contributed by atoms with Gasteiger partial charge in [-0.2, -0.15) is 5.10 Å². The SMILES string of the molecule is Cc1c(CCCO)cnn1C. The van der Waals surface area contributed by atoms with E-state index < -0.39 is 0 Å². The van der Waals surface area contributed by atoms with Crippen molar-refractivity contribution in [3.8, 4) is 0 Å². The van der Waals surface area contributed by atoms with E-state index in [1.165, 1.54) is 11.3 Å². The van der Waals surface area contributed by atoms with E-state index in [4.69, 9.17) is 5.11 Å². The zero-order valence-corrected chi connectivity index (χ0v) is 7.04. The van der Waals surface area contributed by atoms with Crippen LogP contribution in [-0.4, -0.2) is 21.5 Å². The van der Waals surface area contributed by atoms with E-state index in [9.17, 15) is 0 Å². The third-order valence-corrected chi connectivity index (χ3v) is 1.94. The Labute approximate surface area is 66.7 Å². The molecule has 0 saturated heterocycles. The summed E-state index contributed by atoms with van der Waals surface area (Å²) in [5.41, 5.74) is 2.43. The summed E-state index contributed by atoms with van der Waals surface area (Å²) < 4.78 is 1.85. The Morgan fingerprint density at radius 3 is 2.82 bits per heavy atom. The maximum absolute atomic E-state index is 8.60. The average molecular weight is 154 g/mol. The summed E-state index contributed by atoms with van der Waals surface area (Å²) in [4.78, 5) is 0. The van der Waals surface area contributed by atoms with Crippen molar-refractivity contribution in [3.05, 3.63) is 17.5 Å².